The number of nitrogens with zero attached hydrogens (tertiary/aromatic N) is 3. The highest BCUT2D eigenvalue weighted by Crippen LogP contribution is 2.31. The summed E-state index contributed by atoms with van der Waals surface area (Å²) in [4.78, 5) is 9.60. The number of rotatable bonds is 5. The lowest BCUT2D eigenvalue weighted by Crippen LogP contribution is -2.36. The second-order valence-corrected chi connectivity index (χ2v) is 6.97. The van der Waals surface area contributed by atoms with Gasteiger partial charge in [0.15, 0.2) is 0 Å². The van der Waals surface area contributed by atoms with E-state index < -0.39 is 0 Å². The zero-order valence-electron chi connectivity index (χ0n) is 15.5. The molecule has 4 heteroatoms. The van der Waals surface area contributed by atoms with E-state index in [9.17, 15) is 0 Å². The molecule has 4 rings (SSSR count). The smallest absolute Gasteiger partial charge is 0.133 e. The predicted molar refractivity (Wildman–Crippen MR) is 108 cm³/mol. The molecule has 0 bridgehead atoms. The summed E-state index contributed by atoms with van der Waals surface area (Å²) in [6.45, 7) is 6.73. The van der Waals surface area contributed by atoms with Crippen LogP contribution in [0.15, 0.2) is 59.4 Å². The first-order chi connectivity index (χ1) is 12.8. The minimum absolute atomic E-state index is 0.820. The molecule has 136 valence electrons. The van der Waals surface area contributed by atoms with Crippen molar-refractivity contribution < 1.29 is 4.74 Å². The van der Waals surface area contributed by atoms with Crippen LogP contribution in [-0.2, 0) is 4.74 Å². The fraction of sp³-hybridized carbons (Fsp3) is 0.409. The van der Waals surface area contributed by atoms with Crippen LogP contribution in [0.4, 0.5) is 5.69 Å². The van der Waals surface area contributed by atoms with E-state index in [1.807, 2.05) is 0 Å². The monoisotopic (exact) mass is 349 g/mol. The first-order valence-electron chi connectivity index (χ1n) is 9.70. The van der Waals surface area contributed by atoms with Crippen LogP contribution in [0.1, 0.15) is 31.7 Å². The van der Waals surface area contributed by atoms with E-state index in [1.165, 1.54) is 35.4 Å². The molecule has 0 atom stereocenters. The number of ether oxygens (including phenoxy) is 1. The van der Waals surface area contributed by atoms with Crippen LogP contribution in [-0.4, -0.2) is 43.6 Å². The zero-order valence-corrected chi connectivity index (χ0v) is 15.5. The molecule has 0 amide bonds. The van der Waals surface area contributed by atoms with Gasteiger partial charge in [0.05, 0.1) is 19.8 Å². The van der Waals surface area contributed by atoms with Gasteiger partial charge in [-0.25, -0.2) is 4.99 Å². The highest BCUT2D eigenvalue weighted by atomic mass is 16.5. The van der Waals surface area contributed by atoms with Crippen LogP contribution in [0.2, 0.25) is 0 Å². The summed E-state index contributed by atoms with van der Waals surface area (Å²) in [5, 5.41) is 0. The molecule has 3 aliphatic rings. The Labute approximate surface area is 156 Å². The Balaban J connectivity index is 1.62. The summed E-state index contributed by atoms with van der Waals surface area (Å²) in [5.41, 5.74) is 5.18. The average Bonchev–Trinajstić information content (AvgIpc) is 2.72. The van der Waals surface area contributed by atoms with Crippen molar-refractivity contribution in [1.82, 2.24) is 4.90 Å². The first kappa shape index (κ1) is 17.1. The maximum atomic E-state index is 5.46. The number of anilines is 1. The Bertz CT molecular complexity index is 752. The number of fused-ring (bicyclic) bond motifs is 1. The van der Waals surface area contributed by atoms with E-state index in [-0.39, 0.29) is 0 Å². The van der Waals surface area contributed by atoms with Gasteiger partial charge in [-0.3, -0.25) is 0 Å². The summed E-state index contributed by atoms with van der Waals surface area (Å²) in [5.74, 6) is 1.06. The lowest BCUT2D eigenvalue weighted by Gasteiger charge is -2.31. The van der Waals surface area contributed by atoms with Crippen molar-refractivity contribution in [1.29, 1.82) is 0 Å². The van der Waals surface area contributed by atoms with Crippen LogP contribution in [0.5, 0.6) is 0 Å². The van der Waals surface area contributed by atoms with Gasteiger partial charge in [0.25, 0.3) is 0 Å². The van der Waals surface area contributed by atoms with Gasteiger partial charge >= 0.3 is 0 Å². The number of hydrogen-bond acceptors (Lipinski definition) is 4. The standard InChI is InChI=1S/C22H27N3O/c1-2-3-6-21-20(17-25-12-5-4-7-22(25)23-21)18-8-10-19(11-9-18)24-13-15-26-16-14-24/h4-5,7-12H,2-3,6,13-17H2,1H3. The normalized spacial score (nSPS) is 19.7. The third-order valence-electron chi connectivity index (χ3n) is 5.20. The van der Waals surface area contributed by atoms with E-state index >= 15 is 0 Å². The number of aliphatic imine (C=N–C) groups is 1. The Hall–Kier alpha value is -2.33. The lowest BCUT2D eigenvalue weighted by atomic mass is 9.98. The van der Waals surface area contributed by atoms with Crippen molar-refractivity contribution in [2.75, 3.05) is 37.7 Å². The van der Waals surface area contributed by atoms with E-state index in [2.05, 4.69) is 65.4 Å². The number of amidine groups is 1. The second-order valence-electron chi connectivity index (χ2n) is 6.97. The van der Waals surface area contributed by atoms with Gasteiger partial charge in [0.1, 0.15) is 5.84 Å². The second kappa shape index (κ2) is 7.92. The Morgan fingerprint density at radius 1 is 1.08 bits per heavy atom. The number of benzene rings is 1. The quantitative estimate of drug-likeness (QED) is 0.797. The van der Waals surface area contributed by atoms with Gasteiger partial charge in [0.2, 0.25) is 0 Å². The Kier molecular flexibility index (Phi) is 5.21. The summed E-state index contributed by atoms with van der Waals surface area (Å²) >= 11 is 0. The highest BCUT2D eigenvalue weighted by molar-refractivity contribution is 5.99. The fourth-order valence-electron chi connectivity index (χ4n) is 3.67. The van der Waals surface area contributed by atoms with Crippen molar-refractivity contribution in [3.63, 3.8) is 0 Å². The number of unbranched alkanes of at least 4 members (excludes halogenated alkanes) is 1. The van der Waals surface area contributed by atoms with E-state index in [4.69, 9.17) is 9.73 Å². The topological polar surface area (TPSA) is 28.1 Å². The van der Waals surface area contributed by atoms with E-state index in [0.29, 0.717) is 0 Å². The van der Waals surface area contributed by atoms with Gasteiger partial charge in [-0.2, -0.15) is 0 Å². The van der Waals surface area contributed by atoms with Gasteiger partial charge in [-0.1, -0.05) is 31.6 Å². The predicted octanol–water partition coefficient (Wildman–Crippen LogP) is 4.22. The molecule has 0 radical (unpaired) electrons. The molecule has 0 spiro atoms. The molecule has 3 heterocycles. The minimum Gasteiger partial charge on any atom is -0.378 e. The fourth-order valence-corrected chi connectivity index (χ4v) is 3.67. The largest absolute Gasteiger partial charge is 0.378 e. The molecule has 4 nitrogen and oxygen atoms in total. The van der Waals surface area contributed by atoms with Gasteiger partial charge in [-0.15, -0.1) is 0 Å². The highest BCUT2D eigenvalue weighted by Gasteiger charge is 2.21. The molecule has 1 fully saturated rings. The van der Waals surface area contributed by atoms with Crippen molar-refractivity contribution in [3.8, 4) is 0 Å². The molecule has 0 N–H and O–H groups in total. The molecule has 0 saturated carbocycles. The molecule has 0 aliphatic carbocycles. The number of morpholine rings is 1. The van der Waals surface area contributed by atoms with Crippen LogP contribution >= 0.6 is 0 Å². The molecule has 0 unspecified atom stereocenters. The Morgan fingerprint density at radius 3 is 2.65 bits per heavy atom. The molecular formula is C22H27N3O. The third kappa shape index (κ3) is 3.61. The van der Waals surface area contributed by atoms with Gasteiger partial charge < -0.3 is 14.5 Å². The van der Waals surface area contributed by atoms with Crippen molar-refractivity contribution in [2.45, 2.75) is 26.2 Å². The lowest BCUT2D eigenvalue weighted by molar-refractivity contribution is 0.122. The zero-order chi connectivity index (χ0) is 17.8. The summed E-state index contributed by atoms with van der Waals surface area (Å²) < 4.78 is 5.46. The molecule has 3 aliphatic heterocycles. The number of hydrogen-bond donors (Lipinski definition) is 0. The first-order valence-corrected chi connectivity index (χ1v) is 9.70. The molecule has 1 aromatic carbocycles. The van der Waals surface area contributed by atoms with Crippen molar-refractivity contribution in [2.24, 2.45) is 4.99 Å². The molecular weight excluding hydrogens is 322 g/mol. The third-order valence-corrected chi connectivity index (χ3v) is 5.20. The maximum absolute atomic E-state index is 5.46. The van der Waals surface area contributed by atoms with Crippen LogP contribution in [0, 0.1) is 0 Å². The van der Waals surface area contributed by atoms with Crippen LogP contribution in [0.3, 0.4) is 0 Å². The Morgan fingerprint density at radius 2 is 1.88 bits per heavy atom. The SMILES string of the molecule is CCCCC1=C(c2ccc(N3CCOCC3)cc2)CN2C=CC=CC2=N1. The minimum atomic E-state index is 0.820. The average molecular weight is 349 g/mol. The maximum Gasteiger partial charge on any atom is 0.133 e. The summed E-state index contributed by atoms with van der Waals surface area (Å²) in [6, 6.07) is 9.01. The molecule has 1 aromatic rings. The molecule has 0 aromatic heterocycles. The van der Waals surface area contributed by atoms with Crippen molar-refractivity contribution in [3.05, 3.63) is 60.0 Å². The van der Waals surface area contributed by atoms with E-state index in [1.54, 1.807) is 0 Å². The van der Waals surface area contributed by atoms with Crippen LogP contribution < -0.4 is 4.90 Å². The molecule has 26 heavy (non-hydrogen) atoms. The summed E-state index contributed by atoms with van der Waals surface area (Å²) in [7, 11) is 0. The van der Waals surface area contributed by atoms with Gasteiger partial charge in [0, 0.05) is 36.2 Å². The van der Waals surface area contributed by atoms with Crippen molar-refractivity contribution >= 4 is 17.1 Å². The number of allylic oxidation sites excluding steroid dienone is 3. The van der Waals surface area contributed by atoms with E-state index in [0.717, 1.165) is 45.1 Å². The van der Waals surface area contributed by atoms with Gasteiger partial charge in [-0.05, 0) is 42.7 Å². The summed E-state index contributed by atoms with van der Waals surface area (Å²) in [6.07, 6.45) is 11.8. The molecule has 1 saturated heterocycles. The van der Waals surface area contributed by atoms with Crippen LogP contribution in [0.25, 0.3) is 5.57 Å².